The fourth-order valence-electron chi connectivity index (χ4n) is 2.73. The Bertz CT molecular complexity index is 467. The molecular weight excluding hydrogens is 264 g/mol. The number of carbonyl (C=O) groups is 1. The van der Waals surface area contributed by atoms with Gasteiger partial charge in [-0.2, -0.15) is 0 Å². The predicted molar refractivity (Wildman–Crippen MR) is 85.7 cm³/mol. The Balaban J connectivity index is 1.94. The number of nitrogens with zero attached hydrogens (tertiary/aromatic N) is 2. The highest BCUT2D eigenvalue weighted by Gasteiger charge is 2.21. The fraction of sp³-hybridized carbons (Fsp3) is 0.625. The maximum atomic E-state index is 12.3. The van der Waals surface area contributed by atoms with Crippen LogP contribution in [-0.2, 0) is 6.42 Å². The number of aryl methyl sites for hydroxylation is 1. The van der Waals surface area contributed by atoms with Gasteiger partial charge in [-0.1, -0.05) is 13.8 Å². The first-order valence-electron chi connectivity index (χ1n) is 7.85. The van der Waals surface area contributed by atoms with Gasteiger partial charge in [0.1, 0.15) is 5.82 Å². The summed E-state index contributed by atoms with van der Waals surface area (Å²) in [6, 6.07) is 3.69. The molecule has 1 aliphatic rings. The van der Waals surface area contributed by atoms with Gasteiger partial charge in [0.15, 0.2) is 0 Å². The van der Waals surface area contributed by atoms with Crippen molar-refractivity contribution >= 4 is 11.7 Å². The quantitative estimate of drug-likeness (QED) is 0.838. The van der Waals surface area contributed by atoms with Gasteiger partial charge in [0.25, 0.3) is 5.91 Å². The van der Waals surface area contributed by atoms with Gasteiger partial charge in [-0.15, -0.1) is 0 Å². The number of likely N-dealkylation sites (tertiary alicyclic amines) is 1. The molecule has 116 valence electrons. The molecule has 1 amide bonds. The van der Waals surface area contributed by atoms with Gasteiger partial charge in [0.2, 0.25) is 0 Å². The molecule has 0 aliphatic carbocycles. The van der Waals surface area contributed by atoms with Crippen molar-refractivity contribution in [2.75, 3.05) is 38.5 Å². The number of hydrogen-bond acceptors (Lipinski definition) is 4. The summed E-state index contributed by atoms with van der Waals surface area (Å²) in [5.74, 6) is 1.32. The molecule has 21 heavy (non-hydrogen) atoms. The molecule has 1 aromatic rings. The maximum absolute atomic E-state index is 12.3. The summed E-state index contributed by atoms with van der Waals surface area (Å²) in [7, 11) is 1.82. The van der Waals surface area contributed by atoms with E-state index in [2.05, 4.69) is 27.4 Å². The van der Waals surface area contributed by atoms with E-state index in [1.165, 1.54) is 6.42 Å². The number of nitrogens with one attached hydrogen (secondary N) is 2. The topological polar surface area (TPSA) is 57.3 Å². The minimum atomic E-state index is -0.00134. The molecule has 5 heteroatoms. The predicted octanol–water partition coefficient (Wildman–Crippen LogP) is 1.76. The van der Waals surface area contributed by atoms with Gasteiger partial charge in [-0.3, -0.25) is 4.79 Å². The van der Waals surface area contributed by atoms with Crippen LogP contribution in [0.4, 0.5) is 5.82 Å². The molecule has 1 aliphatic heterocycles. The SMILES string of the molecule is CCc1cc(C(=O)NCC2CCN(CC)C2)cc(NC)n1. The highest BCUT2D eigenvalue weighted by atomic mass is 16.1. The molecule has 1 fully saturated rings. The smallest absolute Gasteiger partial charge is 0.251 e. The summed E-state index contributed by atoms with van der Waals surface area (Å²) in [4.78, 5) is 19.2. The fourth-order valence-corrected chi connectivity index (χ4v) is 2.73. The molecule has 1 atom stereocenters. The molecule has 0 saturated carbocycles. The Hall–Kier alpha value is -1.62. The van der Waals surface area contributed by atoms with Gasteiger partial charge in [-0.05, 0) is 44.0 Å². The van der Waals surface area contributed by atoms with Crippen molar-refractivity contribution in [3.63, 3.8) is 0 Å². The molecule has 1 unspecified atom stereocenters. The van der Waals surface area contributed by atoms with E-state index in [-0.39, 0.29) is 5.91 Å². The minimum Gasteiger partial charge on any atom is -0.373 e. The lowest BCUT2D eigenvalue weighted by atomic mass is 10.1. The molecule has 5 nitrogen and oxygen atoms in total. The monoisotopic (exact) mass is 290 g/mol. The van der Waals surface area contributed by atoms with E-state index in [1.54, 1.807) is 0 Å². The van der Waals surface area contributed by atoms with Crippen LogP contribution in [-0.4, -0.2) is 49.0 Å². The van der Waals surface area contributed by atoms with Crippen molar-refractivity contribution in [1.82, 2.24) is 15.2 Å². The first-order chi connectivity index (χ1) is 10.2. The van der Waals surface area contributed by atoms with Crippen LogP contribution in [0.2, 0.25) is 0 Å². The highest BCUT2D eigenvalue weighted by molar-refractivity contribution is 5.95. The van der Waals surface area contributed by atoms with Crippen LogP contribution >= 0.6 is 0 Å². The third kappa shape index (κ3) is 4.17. The second kappa shape index (κ2) is 7.41. The molecule has 1 aromatic heterocycles. The van der Waals surface area contributed by atoms with Gasteiger partial charge in [0, 0.05) is 31.4 Å². The molecule has 0 radical (unpaired) electrons. The van der Waals surface area contributed by atoms with Gasteiger partial charge in [-0.25, -0.2) is 4.98 Å². The third-order valence-electron chi connectivity index (χ3n) is 4.13. The molecule has 1 saturated heterocycles. The van der Waals surface area contributed by atoms with Crippen molar-refractivity contribution in [3.8, 4) is 0 Å². The number of amides is 1. The third-order valence-corrected chi connectivity index (χ3v) is 4.13. The van der Waals surface area contributed by atoms with Crippen molar-refractivity contribution in [2.24, 2.45) is 5.92 Å². The summed E-state index contributed by atoms with van der Waals surface area (Å²) in [6.07, 6.45) is 2.00. The van der Waals surface area contributed by atoms with Crippen molar-refractivity contribution in [1.29, 1.82) is 0 Å². The van der Waals surface area contributed by atoms with Crippen molar-refractivity contribution in [3.05, 3.63) is 23.4 Å². The molecule has 2 rings (SSSR count). The zero-order valence-corrected chi connectivity index (χ0v) is 13.3. The molecule has 0 aromatic carbocycles. The second-order valence-electron chi connectivity index (χ2n) is 5.59. The lowest BCUT2D eigenvalue weighted by molar-refractivity contribution is 0.0947. The highest BCUT2D eigenvalue weighted by Crippen LogP contribution is 2.15. The Morgan fingerprint density at radius 1 is 1.43 bits per heavy atom. The number of hydrogen-bond donors (Lipinski definition) is 2. The van der Waals surface area contributed by atoms with E-state index in [1.807, 2.05) is 26.1 Å². The zero-order chi connectivity index (χ0) is 15.2. The van der Waals surface area contributed by atoms with Crippen LogP contribution in [0.3, 0.4) is 0 Å². The van der Waals surface area contributed by atoms with Crippen LogP contribution in [0, 0.1) is 5.92 Å². The standard InChI is InChI=1S/C16H26N4O/c1-4-14-8-13(9-15(17-3)19-14)16(21)18-10-12-6-7-20(5-2)11-12/h8-9,12H,4-7,10-11H2,1-3H3,(H,17,19)(H,18,21). The summed E-state index contributed by atoms with van der Waals surface area (Å²) >= 11 is 0. The van der Waals surface area contributed by atoms with Gasteiger partial charge < -0.3 is 15.5 Å². The van der Waals surface area contributed by atoms with E-state index >= 15 is 0 Å². The zero-order valence-electron chi connectivity index (χ0n) is 13.3. The van der Waals surface area contributed by atoms with Crippen LogP contribution in [0.15, 0.2) is 12.1 Å². The number of pyridine rings is 1. The Morgan fingerprint density at radius 2 is 2.24 bits per heavy atom. The Kier molecular flexibility index (Phi) is 5.56. The number of anilines is 1. The number of carbonyl (C=O) groups excluding carboxylic acids is 1. The second-order valence-corrected chi connectivity index (χ2v) is 5.59. The van der Waals surface area contributed by atoms with Gasteiger partial charge >= 0.3 is 0 Å². The van der Waals surface area contributed by atoms with Crippen LogP contribution in [0.25, 0.3) is 0 Å². The lowest BCUT2D eigenvalue weighted by Crippen LogP contribution is -2.31. The molecule has 0 bridgehead atoms. The minimum absolute atomic E-state index is 0.00134. The van der Waals surface area contributed by atoms with Crippen LogP contribution in [0.1, 0.15) is 36.3 Å². The summed E-state index contributed by atoms with van der Waals surface area (Å²) in [6.45, 7) is 8.32. The van der Waals surface area contributed by atoms with E-state index in [0.717, 1.165) is 44.1 Å². The molecule has 2 N–H and O–H groups in total. The van der Waals surface area contributed by atoms with Gasteiger partial charge in [0.05, 0.1) is 0 Å². The summed E-state index contributed by atoms with van der Waals surface area (Å²) < 4.78 is 0. The summed E-state index contributed by atoms with van der Waals surface area (Å²) in [5.41, 5.74) is 1.63. The Morgan fingerprint density at radius 3 is 2.86 bits per heavy atom. The first-order valence-corrected chi connectivity index (χ1v) is 7.85. The van der Waals surface area contributed by atoms with E-state index in [4.69, 9.17) is 0 Å². The normalized spacial score (nSPS) is 18.7. The molecular formula is C16H26N4O. The average Bonchev–Trinajstić information content (AvgIpc) is 3.00. The molecule has 0 spiro atoms. The Labute approximate surface area is 127 Å². The number of aromatic nitrogens is 1. The average molecular weight is 290 g/mol. The largest absolute Gasteiger partial charge is 0.373 e. The van der Waals surface area contributed by atoms with E-state index in [9.17, 15) is 4.79 Å². The van der Waals surface area contributed by atoms with E-state index in [0.29, 0.717) is 11.5 Å². The first kappa shape index (κ1) is 15.8. The maximum Gasteiger partial charge on any atom is 0.251 e. The lowest BCUT2D eigenvalue weighted by Gasteiger charge is -2.14. The van der Waals surface area contributed by atoms with Crippen LogP contribution in [0.5, 0.6) is 0 Å². The van der Waals surface area contributed by atoms with Crippen molar-refractivity contribution < 1.29 is 4.79 Å². The number of rotatable bonds is 6. The van der Waals surface area contributed by atoms with E-state index < -0.39 is 0 Å². The summed E-state index contributed by atoms with van der Waals surface area (Å²) in [5, 5.41) is 6.08. The molecule has 2 heterocycles. The van der Waals surface area contributed by atoms with Crippen LogP contribution < -0.4 is 10.6 Å². The van der Waals surface area contributed by atoms with Crippen molar-refractivity contribution in [2.45, 2.75) is 26.7 Å².